The van der Waals surface area contributed by atoms with E-state index < -0.39 is 9.84 Å². The van der Waals surface area contributed by atoms with E-state index in [4.69, 9.17) is 0 Å². The maximum absolute atomic E-state index is 11.5. The number of sulfone groups is 1. The predicted octanol–water partition coefficient (Wildman–Crippen LogP) is 1.40. The molecule has 21 heavy (non-hydrogen) atoms. The van der Waals surface area contributed by atoms with Crippen molar-refractivity contribution in [3.8, 4) is 11.4 Å². The summed E-state index contributed by atoms with van der Waals surface area (Å²) in [5, 5.41) is 12.0. The van der Waals surface area contributed by atoms with Gasteiger partial charge in [-0.3, -0.25) is 0 Å². The Labute approximate surface area is 124 Å². The fraction of sp³-hybridized carbons (Fsp3) is 0.429. The van der Waals surface area contributed by atoms with Crippen LogP contribution < -0.4 is 5.32 Å². The van der Waals surface area contributed by atoms with Gasteiger partial charge in [0.2, 0.25) is 0 Å². The van der Waals surface area contributed by atoms with Crippen molar-refractivity contribution < 1.29 is 8.42 Å². The Morgan fingerprint density at radius 2 is 2.00 bits per heavy atom. The van der Waals surface area contributed by atoms with Crippen LogP contribution in [0.2, 0.25) is 0 Å². The highest BCUT2D eigenvalue weighted by Crippen LogP contribution is 2.25. The molecule has 0 saturated heterocycles. The number of nitrogens with zero attached hydrogens (tertiary/aromatic N) is 3. The molecule has 1 atom stereocenters. The molecule has 2 heterocycles. The van der Waals surface area contributed by atoms with Crippen LogP contribution in [0, 0.1) is 0 Å². The molecule has 0 fully saturated rings. The van der Waals surface area contributed by atoms with Gasteiger partial charge in [-0.1, -0.05) is 6.92 Å². The Balaban J connectivity index is 2.00. The van der Waals surface area contributed by atoms with E-state index >= 15 is 0 Å². The lowest BCUT2D eigenvalue weighted by atomic mass is 10.1. The number of fused-ring (bicyclic) bond motifs is 1. The predicted molar refractivity (Wildman–Crippen MR) is 79.6 cm³/mol. The average Bonchev–Trinajstić information content (AvgIpc) is 2.90. The summed E-state index contributed by atoms with van der Waals surface area (Å²) in [4.78, 5) is 0.317. The van der Waals surface area contributed by atoms with E-state index in [9.17, 15) is 8.42 Å². The van der Waals surface area contributed by atoms with E-state index in [1.165, 1.54) is 6.26 Å². The number of nitrogens with one attached hydrogen (secondary N) is 1. The summed E-state index contributed by atoms with van der Waals surface area (Å²) in [6.45, 7) is 3.82. The van der Waals surface area contributed by atoms with Gasteiger partial charge in [0.05, 0.1) is 10.9 Å². The van der Waals surface area contributed by atoms with Crippen molar-refractivity contribution in [1.82, 2.24) is 20.1 Å². The van der Waals surface area contributed by atoms with Gasteiger partial charge in [-0.05, 0) is 30.7 Å². The van der Waals surface area contributed by atoms with Crippen molar-refractivity contribution >= 4 is 9.84 Å². The molecular formula is C14H18N4O2S. The highest BCUT2D eigenvalue weighted by atomic mass is 32.2. The zero-order valence-electron chi connectivity index (χ0n) is 12.1. The third-order valence-electron chi connectivity index (χ3n) is 3.77. The van der Waals surface area contributed by atoms with Gasteiger partial charge >= 0.3 is 0 Å². The fourth-order valence-corrected chi connectivity index (χ4v) is 3.26. The number of aromatic nitrogens is 3. The van der Waals surface area contributed by atoms with Gasteiger partial charge in [0, 0.05) is 24.9 Å². The molecule has 1 N–H and O–H groups in total. The van der Waals surface area contributed by atoms with Crippen LogP contribution in [0.5, 0.6) is 0 Å². The number of hydrogen-bond acceptors (Lipinski definition) is 5. The van der Waals surface area contributed by atoms with E-state index in [1.54, 1.807) is 24.3 Å². The molecule has 0 bridgehead atoms. The molecule has 0 spiro atoms. The lowest BCUT2D eigenvalue weighted by Gasteiger charge is -2.24. The Hall–Kier alpha value is -1.73. The minimum absolute atomic E-state index is 0.232. The molecule has 112 valence electrons. The minimum atomic E-state index is -3.17. The first-order valence-electron chi connectivity index (χ1n) is 6.97. The largest absolute Gasteiger partial charge is 0.308 e. The molecule has 1 aromatic heterocycles. The highest BCUT2D eigenvalue weighted by molar-refractivity contribution is 7.90. The summed E-state index contributed by atoms with van der Waals surface area (Å²) in [5.74, 6) is 1.75. The van der Waals surface area contributed by atoms with Crippen molar-refractivity contribution in [2.24, 2.45) is 0 Å². The van der Waals surface area contributed by atoms with Crippen LogP contribution >= 0.6 is 0 Å². The molecule has 1 aliphatic rings. The van der Waals surface area contributed by atoms with Gasteiger partial charge in [0.15, 0.2) is 21.5 Å². The number of benzene rings is 1. The highest BCUT2D eigenvalue weighted by Gasteiger charge is 2.24. The standard InChI is InChI=1S/C14H18N4O2S/c1-3-12-14-17-16-13(18(14)9-8-15-12)10-4-6-11(7-5-10)21(2,19)20/h4-7,12,15H,3,8-9H2,1-2H3. The Bertz CT molecular complexity index is 750. The third-order valence-corrected chi connectivity index (χ3v) is 4.89. The van der Waals surface area contributed by atoms with Crippen LogP contribution in [0.4, 0.5) is 0 Å². The number of hydrogen-bond donors (Lipinski definition) is 1. The van der Waals surface area contributed by atoms with Crippen LogP contribution in [0.3, 0.4) is 0 Å². The molecule has 3 rings (SSSR count). The van der Waals surface area contributed by atoms with Gasteiger partial charge in [0.1, 0.15) is 0 Å². The fourth-order valence-electron chi connectivity index (χ4n) is 2.63. The van der Waals surface area contributed by atoms with Crippen LogP contribution in [0.1, 0.15) is 25.2 Å². The van der Waals surface area contributed by atoms with E-state index in [1.807, 2.05) is 0 Å². The topological polar surface area (TPSA) is 76.9 Å². The zero-order valence-corrected chi connectivity index (χ0v) is 12.9. The van der Waals surface area contributed by atoms with Gasteiger partial charge < -0.3 is 9.88 Å². The molecule has 0 saturated carbocycles. The molecule has 0 aliphatic carbocycles. The first-order chi connectivity index (χ1) is 10.0. The maximum Gasteiger partial charge on any atom is 0.175 e. The quantitative estimate of drug-likeness (QED) is 0.927. The summed E-state index contributed by atoms with van der Waals surface area (Å²) in [5.41, 5.74) is 0.887. The van der Waals surface area contributed by atoms with Crippen molar-refractivity contribution in [1.29, 1.82) is 0 Å². The molecule has 2 aromatic rings. The molecule has 6 nitrogen and oxygen atoms in total. The van der Waals surface area contributed by atoms with E-state index in [2.05, 4.69) is 27.0 Å². The van der Waals surface area contributed by atoms with Gasteiger partial charge in [-0.2, -0.15) is 0 Å². The molecule has 1 aliphatic heterocycles. The monoisotopic (exact) mass is 306 g/mol. The summed E-state index contributed by atoms with van der Waals surface area (Å²) in [6, 6.07) is 7.04. The molecule has 1 aromatic carbocycles. The van der Waals surface area contributed by atoms with Crippen molar-refractivity contribution in [3.05, 3.63) is 30.1 Å². The van der Waals surface area contributed by atoms with Crippen LogP contribution in [-0.2, 0) is 16.4 Å². The van der Waals surface area contributed by atoms with Gasteiger partial charge in [0.25, 0.3) is 0 Å². The minimum Gasteiger partial charge on any atom is -0.308 e. The van der Waals surface area contributed by atoms with Crippen LogP contribution in [0.25, 0.3) is 11.4 Å². The van der Waals surface area contributed by atoms with Crippen molar-refractivity contribution in [2.45, 2.75) is 30.8 Å². The third kappa shape index (κ3) is 2.58. The summed E-state index contributed by atoms with van der Waals surface area (Å²) < 4.78 is 25.1. The van der Waals surface area contributed by atoms with Gasteiger partial charge in [-0.25, -0.2) is 8.42 Å². The Morgan fingerprint density at radius 3 is 2.62 bits per heavy atom. The Morgan fingerprint density at radius 1 is 1.29 bits per heavy atom. The van der Waals surface area contributed by atoms with E-state index in [-0.39, 0.29) is 6.04 Å². The normalized spacial score (nSPS) is 18.5. The molecule has 0 radical (unpaired) electrons. The number of rotatable bonds is 3. The van der Waals surface area contributed by atoms with Crippen LogP contribution in [-0.4, -0.2) is 36.0 Å². The molecule has 0 amide bonds. The smallest absolute Gasteiger partial charge is 0.175 e. The molecular weight excluding hydrogens is 288 g/mol. The molecule has 1 unspecified atom stereocenters. The Kier molecular flexibility index (Phi) is 3.54. The van der Waals surface area contributed by atoms with E-state index in [0.29, 0.717) is 4.90 Å². The average molecular weight is 306 g/mol. The summed E-state index contributed by atoms with van der Waals surface area (Å²) in [6.07, 6.45) is 2.17. The second-order valence-corrected chi connectivity index (χ2v) is 7.26. The maximum atomic E-state index is 11.5. The lowest BCUT2D eigenvalue weighted by Crippen LogP contribution is -2.33. The van der Waals surface area contributed by atoms with Crippen molar-refractivity contribution in [2.75, 3.05) is 12.8 Å². The van der Waals surface area contributed by atoms with Crippen LogP contribution in [0.15, 0.2) is 29.2 Å². The van der Waals surface area contributed by atoms with Gasteiger partial charge in [-0.15, -0.1) is 10.2 Å². The second-order valence-electron chi connectivity index (χ2n) is 5.24. The molecule has 7 heteroatoms. The van der Waals surface area contributed by atoms with E-state index in [0.717, 1.165) is 36.7 Å². The second kappa shape index (κ2) is 5.23. The zero-order chi connectivity index (χ0) is 15.0. The first-order valence-corrected chi connectivity index (χ1v) is 8.87. The first kappa shape index (κ1) is 14.2. The van der Waals surface area contributed by atoms with Crippen molar-refractivity contribution in [3.63, 3.8) is 0 Å². The summed E-state index contributed by atoms with van der Waals surface area (Å²) in [7, 11) is -3.17. The summed E-state index contributed by atoms with van der Waals surface area (Å²) >= 11 is 0. The lowest BCUT2D eigenvalue weighted by molar-refractivity contribution is 0.407. The SMILES string of the molecule is CCC1NCCn2c(-c3ccc(S(C)(=O)=O)cc3)nnc21.